The van der Waals surface area contributed by atoms with Gasteiger partial charge >= 0.3 is 0 Å². The Morgan fingerprint density at radius 1 is 1.24 bits per heavy atom. The maximum atomic E-state index is 10.0. The smallest absolute Gasteiger partial charge is 0.234 e. The zero-order valence-electron chi connectivity index (χ0n) is 11.2. The fourth-order valence-electron chi connectivity index (χ4n) is 2.87. The number of fused-ring (bicyclic) bond motifs is 1. The van der Waals surface area contributed by atoms with Gasteiger partial charge in [0.05, 0.1) is 5.56 Å². The van der Waals surface area contributed by atoms with Crippen LogP contribution in [0.5, 0.6) is 5.75 Å². The van der Waals surface area contributed by atoms with Crippen LogP contribution in [0.2, 0.25) is 5.02 Å². The van der Waals surface area contributed by atoms with Crippen LogP contribution in [0.25, 0.3) is 15.5 Å². The Hall–Kier alpha value is -1.66. The van der Waals surface area contributed by atoms with E-state index in [0.29, 0.717) is 16.5 Å². The standard InChI is InChI=1S/C14H13ClN4OS/c15-9-5-6-10(11(20)7-9)13-18-19-12(8-3-1-2-4-8)16-17-14(19)21-13/h5-8,20H,1-4H2. The highest BCUT2D eigenvalue weighted by Gasteiger charge is 2.24. The minimum atomic E-state index is 0.134. The van der Waals surface area contributed by atoms with Crippen molar-refractivity contribution < 1.29 is 5.11 Å². The van der Waals surface area contributed by atoms with Crippen molar-refractivity contribution in [1.29, 1.82) is 0 Å². The van der Waals surface area contributed by atoms with Gasteiger partial charge in [0.15, 0.2) is 10.8 Å². The van der Waals surface area contributed by atoms with Gasteiger partial charge in [0.2, 0.25) is 4.96 Å². The molecule has 21 heavy (non-hydrogen) atoms. The second kappa shape index (κ2) is 4.96. The van der Waals surface area contributed by atoms with E-state index >= 15 is 0 Å². The Bertz CT molecular complexity index is 807. The molecule has 1 fully saturated rings. The fraction of sp³-hybridized carbons (Fsp3) is 0.357. The average molecular weight is 321 g/mol. The largest absolute Gasteiger partial charge is 0.507 e. The molecule has 0 saturated heterocycles. The number of phenolic OH excluding ortho intramolecular Hbond substituents is 1. The van der Waals surface area contributed by atoms with Crippen molar-refractivity contribution in [3.8, 4) is 16.3 Å². The van der Waals surface area contributed by atoms with E-state index in [4.69, 9.17) is 11.6 Å². The summed E-state index contributed by atoms with van der Waals surface area (Å²) in [5.41, 5.74) is 0.673. The van der Waals surface area contributed by atoms with Crippen molar-refractivity contribution in [3.05, 3.63) is 29.0 Å². The molecule has 0 unspecified atom stereocenters. The number of phenols is 1. The summed E-state index contributed by atoms with van der Waals surface area (Å²) in [6.45, 7) is 0. The molecule has 0 atom stereocenters. The summed E-state index contributed by atoms with van der Waals surface area (Å²) in [5.74, 6) is 1.53. The van der Waals surface area contributed by atoms with Gasteiger partial charge < -0.3 is 5.11 Å². The lowest BCUT2D eigenvalue weighted by Crippen LogP contribution is -2.01. The molecule has 7 heteroatoms. The molecule has 1 saturated carbocycles. The number of hydrogen-bond acceptors (Lipinski definition) is 5. The van der Waals surface area contributed by atoms with Gasteiger partial charge in [0.1, 0.15) is 5.75 Å². The van der Waals surface area contributed by atoms with Crippen molar-refractivity contribution in [2.75, 3.05) is 0 Å². The molecule has 3 aromatic rings. The summed E-state index contributed by atoms with van der Waals surface area (Å²) < 4.78 is 1.82. The number of aromatic hydroxyl groups is 1. The van der Waals surface area contributed by atoms with Gasteiger partial charge in [-0.05, 0) is 31.0 Å². The summed E-state index contributed by atoms with van der Waals surface area (Å²) in [5, 5.41) is 24.3. The van der Waals surface area contributed by atoms with Crippen molar-refractivity contribution in [1.82, 2.24) is 19.8 Å². The highest BCUT2D eigenvalue weighted by molar-refractivity contribution is 7.19. The van der Waals surface area contributed by atoms with Gasteiger partial charge in [0.25, 0.3) is 0 Å². The van der Waals surface area contributed by atoms with E-state index < -0.39 is 0 Å². The van der Waals surface area contributed by atoms with Crippen molar-refractivity contribution >= 4 is 27.9 Å². The molecular weight excluding hydrogens is 308 g/mol. The Morgan fingerprint density at radius 2 is 2.05 bits per heavy atom. The van der Waals surface area contributed by atoms with Gasteiger partial charge in [-0.2, -0.15) is 9.61 Å². The summed E-state index contributed by atoms with van der Waals surface area (Å²) in [7, 11) is 0. The Kier molecular flexibility index (Phi) is 3.08. The SMILES string of the molecule is Oc1cc(Cl)ccc1-c1nn2c(C3CCCC3)nnc2s1. The lowest BCUT2D eigenvalue weighted by atomic mass is 10.1. The number of nitrogens with zero attached hydrogens (tertiary/aromatic N) is 4. The number of hydrogen-bond donors (Lipinski definition) is 1. The summed E-state index contributed by atoms with van der Waals surface area (Å²) in [6, 6.07) is 5.05. The van der Waals surface area contributed by atoms with Gasteiger partial charge in [-0.25, -0.2) is 0 Å². The highest BCUT2D eigenvalue weighted by Crippen LogP contribution is 2.37. The third-order valence-electron chi connectivity index (χ3n) is 3.93. The molecule has 1 N–H and O–H groups in total. The van der Waals surface area contributed by atoms with Crippen LogP contribution in [-0.2, 0) is 0 Å². The van der Waals surface area contributed by atoms with Crippen LogP contribution < -0.4 is 0 Å². The van der Waals surface area contributed by atoms with Crippen LogP contribution in [0.3, 0.4) is 0 Å². The number of benzene rings is 1. The van der Waals surface area contributed by atoms with Crippen molar-refractivity contribution in [2.24, 2.45) is 0 Å². The first-order valence-corrected chi connectivity index (χ1v) is 8.13. The van der Waals surface area contributed by atoms with Gasteiger partial charge in [0, 0.05) is 10.9 Å². The summed E-state index contributed by atoms with van der Waals surface area (Å²) in [4.78, 5) is 0.765. The predicted octanol–water partition coefficient (Wildman–Crippen LogP) is 3.87. The van der Waals surface area contributed by atoms with Crippen LogP contribution >= 0.6 is 22.9 Å². The number of halogens is 1. The fourth-order valence-corrected chi connectivity index (χ4v) is 3.91. The Morgan fingerprint density at radius 3 is 2.81 bits per heavy atom. The first kappa shape index (κ1) is 13.0. The van der Waals surface area contributed by atoms with E-state index in [2.05, 4.69) is 15.3 Å². The molecule has 1 aliphatic carbocycles. The van der Waals surface area contributed by atoms with Crippen molar-refractivity contribution in [3.63, 3.8) is 0 Å². The first-order chi connectivity index (χ1) is 10.2. The zero-order valence-corrected chi connectivity index (χ0v) is 12.7. The molecule has 0 aliphatic heterocycles. The predicted molar refractivity (Wildman–Crippen MR) is 82.0 cm³/mol. The van der Waals surface area contributed by atoms with E-state index in [1.807, 2.05) is 4.52 Å². The third kappa shape index (κ3) is 2.18. The molecule has 2 aromatic heterocycles. The first-order valence-electron chi connectivity index (χ1n) is 6.93. The molecule has 0 bridgehead atoms. The minimum Gasteiger partial charge on any atom is -0.507 e. The number of rotatable bonds is 2. The quantitative estimate of drug-likeness (QED) is 0.778. The third-order valence-corrected chi connectivity index (χ3v) is 5.09. The monoisotopic (exact) mass is 320 g/mol. The summed E-state index contributed by atoms with van der Waals surface area (Å²) in [6.07, 6.45) is 4.79. The molecule has 0 amide bonds. The van der Waals surface area contributed by atoms with Crippen LogP contribution in [0.4, 0.5) is 0 Å². The minimum absolute atomic E-state index is 0.134. The van der Waals surface area contributed by atoms with Crippen molar-refractivity contribution in [2.45, 2.75) is 31.6 Å². The second-order valence-corrected chi connectivity index (χ2v) is 6.70. The van der Waals surface area contributed by atoms with E-state index in [-0.39, 0.29) is 5.75 Å². The zero-order chi connectivity index (χ0) is 14.4. The molecule has 1 aliphatic rings. The molecular formula is C14H13ClN4OS. The normalized spacial score (nSPS) is 16.0. The molecule has 0 spiro atoms. The maximum absolute atomic E-state index is 10.0. The second-order valence-electron chi connectivity index (χ2n) is 5.30. The van der Waals surface area contributed by atoms with Crippen LogP contribution in [0, 0.1) is 0 Å². The van der Waals surface area contributed by atoms with E-state index in [1.165, 1.54) is 30.2 Å². The van der Waals surface area contributed by atoms with Crippen LogP contribution in [0.1, 0.15) is 37.4 Å². The Balaban J connectivity index is 1.80. The van der Waals surface area contributed by atoms with E-state index in [1.54, 1.807) is 12.1 Å². The molecule has 0 radical (unpaired) electrons. The average Bonchev–Trinajstić information content (AvgIpc) is 3.13. The Labute approximate surface area is 130 Å². The van der Waals surface area contributed by atoms with Gasteiger partial charge in [-0.3, -0.25) is 0 Å². The molecule has 4 rings (SSSR count). The van der Waals surface area contributed by atoms with Crippen LogP contribution in [-0.4, -0.2) is 24.9 Å². The lowest BCUT2D eigenvalue weighted by Gasteiger charge is -2.04. The lowest BCUT2D eigenvalue weighted by molar-refractivity contribution is 0.477. The highest BCUT2D eigenvalue weighted by atomic mass is 35.5. The van der Waals surface area contributed by atoms with Gasteiger partial charge in [-0.1, -0.05) is 35.8 Å². The molecule has 5 nitrogen and oxygen atoms in total. The topological polar surface area (TPSA) is 63.3 Å². The molecule has 1 aromatic carbocycles. The summed E-state index contributed by atoms with van der Waals surface area (Å²) >= 11 is 7.29. The van der Waals surface area contributed by atoms with Gasteiger partial charge in [-0.15, -0.1) is 10.2 Å². The maximum Gasteiger partial charge on any atom is 0.234 e. The van der Waals surface area contributed by atoms with E-state index in [0.717, 1.165) is 28.6 Å². The van der Waals surface area contributed by atoms with E-state index in [9.17, 15) is 5.11 Å². The molecule has 108 valence electrons. The van der Waals surface area contributed by atoms with Crippen LogP contribution in [0.15, 0.2) is 18.2 Å². The number of aromatic nitrogens is 4. The molecule has 2 heterocycles.